The molecule has 0 unspecified atom stereocenters. The lowest BCUT2D eigenvalue weighted by molar-refractivity contribution is -0.119. The molecule has 3 aromatic carbocycles. The van der Waals surface area contributed by atoms with E-state index in [0.717, 1.165) is 0 Å². The van der Waals surface area contributed by atoms with Gasteiger partial charge in [0.15, 0.2) is 12.4 Å². The molecule has 0 atom stereocenters. The number of hydrogen-bond acceptors (Lipinski definition) is 6. The summed E-state index contributed by atoms with van der Waals surface area (Å²) in [6, 6.07) is 19.9. The Hall–Kier alpha value is -3.98. The number of hydrogen-bond donors (Lipinski definition) is 2. The number of benzene rings is 3. The Labute approximate surface area is 185 Å². The number of carbonyl (C=O) groups is 3. The molecule has 0 heterocycles. The molecule has 9 heteroatoms. The molecule has 0 spiro atoms. The van der Waals surface area contributed by atoms with Crippen molar-refractivity contribution in [3.05, 3.63) is 90.0 Å². The van der Waals surface area contributed by atoms with Gasteiger partial charge in [0, 0.05) is 16.9 Å². The molecule has 0 saturated heterocycles. The van der Waals surface area contributed by atoms with E-state index in [-0.39, 0.29) is 21.9 Å². The zero-order chi connectivity index (χ0) is 23.1. The number of sulfonamides is 1. The number of anilines is 2. The molecule has 8 nitrogen and oxygen atoms in total. The first-order chi connectivity index (χ1) is 15.2. The topological polar surface area (TPSA) is 119 Å². The number of carbonyl (C=O) groups excluding carboxylic acids is 3. The SMILES string of the molecule is CC(=O)c1cccc(NC(=O)COC(=O)c2cccc(NS(=O)(=O)c3ccccc3)c2)c1. The van der Waals surface area contributed by atoms with Crippen LogP contribution in [0, 0.1) is 0 Å². The maximum absolute atomic E-state index is 12.4. The summed E-state index contributed by atoms with van der Waals surface area (Å²) in [6.45, 7) is 0.861. The number of esters is 1. The summed E-state index contributed by atoms with van der Waals surface area (Å²) in [6.07, 6.45) is 0. The summed E-state index contributed by atoms with van der Waals surface area (Å²) >= 11 is 0. The first-order valence-corrected chi connectivity index (χ1v) is 11.0. The second kappa shape index (κ2) is 9.88. The predicted molar refractivity (Wildman–Crippen MR) is 119 cm³/mol. The van der Waals surface area contributed by atoms with Crippen molar-refractivity contribution in [3.8, 4) is 0 Å². The van der Waals surface area contributed by atoms with Gasteiger partial charge in [-0.3, -0.25) is 14.3 Å². The molecule has 0 aliphatic carbocycles. The van der Waals surface area contributed by atoms with Gasteiger partial charge >= 0.3 is 5.97 Å². The Balaban J connectivity index is 1.60. The van der Waals surface area contributed by atoms with Gasteiger partial charge in [0.05, 0.1) is 10.5 Å². The number of ketones is 1. The van der Waals surface area contributed by atoms with Crippen LogP contribution >= 0.6 is 0 Å². The summed E-state index contributed by atoms with van der Waals surface area (Å²) in [5.74, 6) is -1.52. The highest BCUT2D eigenvalue weighted by Crippen LogP contribution is 2.18. The van der Waals surface area contributed by atoms with Crippen LogP contribution in [0.4, 0.5) is 11.4 Å². The third-order valence-corrected chi connectivity index (χ3v) is 5.69. The number of amides is 1. The molecular weight excluding hydrogens is 432 g/mol. The largest absolute Gasteiger partial charge is 0.452 e. The van der Waals surface area contributed by atoms with E-state index < -0.39 is 28.5 Å². The first-order valence-electron chi connectivity index (χ1n) is 9.50. The molecule has 32 heavy (non-hydrogen) atoms. The molecule has 0 bridgehead atoms. The molecule has 0 aliphatic rings. The fourth-order valence-corrected chi connectivity index (χ4v) is 3.82. The third-order valence-electron chi connectivity index (χ3n) is 4.29. The van der Waals surface area contributed by atoms with Crippen molar-refractivity contribution >= 4 is 39.1 Å². The Morgan fingerprint density at radius 1 is 0.812 bits per heavy atom. The first kappa shape index (κ1) is 22.7. The van der Waals surface area contributed by atoms with Crippen molar-refractivity contribution in [2.45, 2.75) is 11.8 Å². The fraction of sp³-hybridized carbons (Fsp3) is 0.0870. The minimum atomic E-state index is -3.82. The molecular formula is C23H20N2O6S. The summed E-state index contributed by atoms with van der Waals surface area (Å²) in [5, 5.41) is 2.54. The highest BCUT2D eigenvalue weighted by Gasteiger charge is 2.16. The zero-order valence-corrected chi connectivity index (χ0v) is 17.9. The van der Waals surface area contributed by atoms with Gasteiger partial charge < -0.3 is 10.1 Å². The van der Waals surface area contributed by atoms with Gasteiger partial charge in [-0.15, -0.1) is 0 Å². The Bertz CT molecular complexity index is 1260. The van der Waals surface area contributed by atoms with Gasteiger partial charge in [0.1, 0.15) is 0 Å². The van der Waals surface area contributed by atoms with Crippen LogP contribution in [0.3, 0.4) is 0 Å². The van der Waals surface area contributed by atoms with Crippen LogP contribution < -0.4 is 10.0 Å². The number of ether oxygens (including phenoxy) is 1. The van der Waals surface area contributed by atoms with E-state index in [2.05, 4.69) is 10.0 Å². The summed E-state index contributed by atoms with van der Waals surface area (Å²) < 4.78 is 32.3. The van der Waals surface area contributed by atoms with E-state index in [1.807, 2.05) is 0 Å². The van der Waals surface area contributed by atoms with Crippen molar-refractivity contribution in [1.82, 2.24) is 0 Å². The van der Waals surface area contributed by atoms with Crippen molar-refractivity contribution < 1.29 is 27.5 Å². The van der Waals surface area contributed by atoms with Crippen molar-refractivity contribution in [2.75, 3.05) is 16.6 Å². The van der Waals surface area contributed by atoms with Gasteiger partial charge in [-0.2, -0.15) is 0 Å². The second-order valence-electron chi connectivity index (χ2n) is 6.76. The minimum Gasteiger partial charge on any atom is -0.452 e. The summed E-state index contributed by atoms with van der Waals surface area (Å²) in [4.78, 5) is 35.9. The average molecular weight is 452 g/mol. The number of rotatable bonds is 8. The van der Waals surface area contributed by atoms with Gasteiger partial charge in [-0.25, -0.2) is 13.2 Å². The van der Waals surface area contributed by atoms with E-state index in [1.165, 1.54) is 49.4 Å². The molecule has 3 aromatic rings. The van der Waals surface area contributed by atoms with Crippen LogP contribution in [0.25, 0.3) is 0 Å². The normalized spacial score (nSPS) is 10.8. The molecule has 2 N–H and O–H groups in total. The highest BCUT2D eigenvalue weighted by molar-refractivity contribution is 7.92. The minimum absolute atomic E-state index is 0.0737. The third kappa shape index (κ3) is 6.02. The second-order valence-corrected chi connectivity index (χ2v) is 8.44. The number of nitrogens with one attached hydrogen (secondary N) is 2. The lowest BCUT2D eigenvalue weighted by atomic mass is 10.1. The Kier molecular flexibility index (Phi) is 7.01. The molecule has 1 amide bonds. The van der Waals surface area contributed by atoms with Gasteiger partial charge in [0.25, 0.3) is 15.9 Å². The van der Waals surface area contributed by atoms with Crippen molar-refractivity contribution in [1.29, 1.82) is 0 Å². The predicted octanol–water partition coefficient (Wildman–Crippen LogP) is 3.49. The quantitative estimate of drug-likeness (QED) is 0.399. The molecule has 3 rings (SSSR count). The van der Waals surface area contributed by atoms with Crippen molar-refractivity contribution in [2.24, 2.45) is 0 Å². The molecule has 0 fully saturated rings. The number of Topliss-reactive ketones (excluding diaryl/α,β-unsaturated/α-hetero) is 1. The summed E-state index contributed by atoms with van der Waals surface area (Å²) in [5.41, 5.74) is 1.09. The van der Waals surface area contributed by atoms with Crippen LogP contribution in [0.5, 0.6) is 0 Å². The van der Waals surface area contributed by atoms with E-state index in [4.69, 9.17) is 4.74 Å². The maximum atomic E-state index is 12.4. The van der Waals surface area contributed by atoms with Crippen LogP contribution in [0.2, 0.25) is 0 Å². The van der Waals surface area contributed by atoms with Crippen LogP contribution in [0.1, 0.15) is 27.6 Å². The zero-order valence-electron chi connectivity index (χ0n) is 17.1. The van der Waals surface area contributed by atoms with Crippen LogP contribution in [0.15, 0.2) is 83.8 Å². The van der Waals surface area contributed by atoms with Gasteiger partial charge in [-0.1, -0.05) is 36.4 Å². The molecule has 0 saturated carbocycles. The monoisotopic (exact) mass is 452 g/mol. The fourth-order valence-electron chi connectivity index (χ4n) is 2.75. The average Bonchev–Trinajstić information content (AvgIpc) is 2.78. The lowest BCUT2D eigenvalue weighted by Crippen LogP contribution is -2.21. The smallest absolute Gasteiger partial charge is 0.338 e. The van der Waals surface area contributed by atoms with Crippen molar-refractivity contribution in [3.63, 3.8) is 0 Å². The standard InChI is InChI=1S/C23H20N2O6S/c1-16(26)17-7-5-9-19(13-17)24-22(27)15-31-23(28)18-8-6-10-20(14-18)25-32(29,30)21-11-3-2-4-12-21/h2-14,25H,15H2,1H3,(H,24,27). The lowest BCUT2D eigenvalue weighted by Gasteiger charge is -2.10. The molecule has 164 valence electrons. The Morgan fingerprint density at radius 2 is 1.44 bits per heavy atom. The van der Waals surface area contributed by atoms with E-state index >= 15 is 0 Å². The van der Waals surface area contributed by atoms with E-state index in [0.29, 0.717) is 11.3 Å². The molecule has 0 radical (unpaired) electrons. The summed E-state index contributed by atoms with van der Waals surface area (Å²) in [7, 11) is -3.82. The van der Waals surface area contributed by atoms with E-state index in [1.54, 1.807) is 36.4 Å². The van der Waals surface area contributed by atoms with Gasteiger partial charge in [0.2, 0.25) is 0 Å². The van der Waals surface area contributed by atoms with Crippen LogP contribution in [-0.4, -0.2) is 32.7 Å². The maximum Gasteiger partial charge on any atom is 0.338 e. The molecule has 0 aromatic heterocycles. The van der Waals surface area contributed by atoms with Crippen LogP contribution in [-0.2, 0) is 19.6 Å². The Morgan fingerprint density at radius 3 is 2.12 bits per heavy atom. The molecule has 0 aliphatic heterocycles. The van der Waals surface area contributed by atoms with Gasteiger partial charge in [-0.05, 0) is 49.4 Å². The highest BCUT2D eigenvalue weighted by atomic mass is 32.2. The van der Waals surface area contributed by atoms with E-state index in [9.17, 15) is 22.8 Å².